The molecule has 1 aliphatic rings. The Morgan fingerprint density at radius 1 is 1.36 bits per heavy atom. The van der Waals surface area contributed by atoms with Crippen LogP contribution in [0.3, 0.4) is 0 Å². The lowest BCUT2D eigenvalue weighted by atomic mass is 9.91. The molecule has 6 heteroatoms. The van der Waals surface area contributed by atoms with Crippen molar-refractivity contribution in [3.63, 3.8) is 0 Å². The Morgan fingerprint density at radius 3 is 2.82 bits per heavy atom. The number of carbonyl (C=O) groups excluding carboxylic acids is 1. The zero-order valence-electron chi connectivity index (χ0n) is 12.7. The Hall–Kier alpha value is -0.810. The summed E-state index contributed by atoms with van der Waals surface area (Å²) >= 11 is 12.0. The molecule has 0 aromatic heterocycles. The molecule has 1 saturated heterocycles. The third-order valence-electron chi connectivity index (χ3n) is 3.80. The van der Waals surface area contributed by atoms with Gasteiger partial charge in [-0.15, -0.1) is 0 Å². The van der Waals surface area contributed by atoms with Gasteiger partial charge < -0.3 is 10.5 Å². The number of nitrogens with zero attached hydrogens (tertiary/aromatic N) is 1. The summed E-state index contributed by atoms with van der Waals surface area (Å²) in [5.41, 5.74) is 7.23. The third kappa shape index (κ3) is 5.13. The van der Waals surface area contributed by atoms with Crippen molar-refractivity contribution >= 4 is 29.2 Å². The van der Waals surface area contributed by atoms with Crippen molar-refractivity contribution in [3.8, 4) is 0 Å². The number of rotatable bonds is 5. The van der Waals surface area contributed by atoms with Gasteiger partial charge in [0.1, 0.15) is 0 Å². The van der Waals surface area contributed by atoms with Crippen LogP contribution < -0.4 is 5.73 Å². The van der Waals surface area contributed by atoms with Crippen molar-refractivity contribution in [2.45, 2.75) is 32.4 Å². The zero-order chi connectivity index (χ0) is 16.1. The summed E-state index contributed by atoms with van der Waals surface area (Å²) in [6.07, 6.45) is 1.29. The molecular weight excluding hydrogens is 323 g/mol. The van der Waals surface area contributed by atoms with Crippen molar-refractivity contribution in [1.82, 2.24) is 4.90 Å². The SMILES string of the molecule is CCOC(=O)CC1CC(N)CN(Cc2ccc(Cl)c(Cl)c2)C1. The third-order valence-corrected chi connectivity index (χ3v) is 4.54. The highest BCUT2D eigenvalue weighted by molar-refractivity contribution is 6.42. The van der Waals surface area contributed by atoms with Gasteiger partial charge in [-0.2, -0.15) is 0 Å². The molecule has 2 unspecified atom stereocenters. The van der Waals surface area contributed by atoms with E-state index in [1.807, 2.05) is 19.1 Å². The Bertz CT molecular complexity index is 525. The van der Waals surface area contributed by atoms with Gasteiger partial charge in [0.15, 0.2) is 0 Å². The monoisotopic (exact) mass is 344 g/mol. The number of carbonyl (C=O) groups is 1. The molecule has 0 radical (unpaired) electrons. The number of benzene rings is 1. The summed E-state index contributed by atoms with van der Waals surface area (Å²) in [4.78, 5) is 13.9. The average molecular weight is 345 g/mol. The summed E-state index contributed by atoms with van der Waals surface area (Å²) in [6, 6.07) is 5.73. The molecule has 0 spiro atoms. The molecule has 22 heavy (non-hydrogen) atoms. The lowest BCUT2D eigenvalue weighted by Gasteiger charge is -2.36. The predicted molar refractivity (Wildman–Crippen MR) is 89.1 cm³/mol. The minimum Gasteiger partial charge on any atom is -0.466 e. The van der Waals surface area contributed by atoms with Gasteiger partial charge in [-0.25, -0.2) is 0 Å². The van der Waals surface area contributed by atoms with Gasteiger partial charge in [0.25, 0.3) is 0 Å². The number of nitrogens with two attached hydrogens (primary N) is 1. The number of piperidine rings is 1. The fourth-order valence-corrected chi connectivity index (χ4v) is 3.30. The quantitative estimate of drug-likeness (QED) is 0.834. The second-order valence-electron chi connectivity index (χ2n) is 5.81. The molecule has 2 rings (SSSR count). The molecule has 0 bridgehead atoms. The molecule has 122 valence electrons. The topological polar surface area (TPSA) is 55.6 Å². The maximum atomic E-state index is 11.7. The molecule has 2 N–H and O–H groups in total. The number of halogens is 2. The smallest absolute Gasteiger partial charge is 0.306 e. The normalized spacial score (nSPS) is 22.5. The van der Waals surface area contributed by atoms with Crippen molar-refractivity contribution in [2.75, 3.05) is 19.7 Å². The molecule has 1 aromatic carbocycles. The Labute approximate surface area is 141 Å². The number of ether oxygens (including phenoxy) is 1. The van der Waals surface area contributed by atoms with E-state index in [1.54, 1.807) is 6.07 Å². The van der Waals surface area contributed by atoms with Crippen molar-refractivity contribution < 1.29 is 9.53 Å². The highest BCUT2D eigenvalue weighted by atomic mass is 35.5. The van der Waals surface area contributed by atoms with E-state index in [9.17, 15) is 4.79 Å². The zero-order valence-corrected chi connectivity index (χ0v) is 14.2. The van der Waals surface area contributed by atoms with E-state index in [0.29, 0.717) is 23.1 Å². The molecule has 1 heterocycles. The summed E-state index contributed by atoms with van der Waals surface area (Å²) in [5, 5.41) is 1.12. The van der Waals surface area contributed by atoms with Gasteiger partial charge in [0.05, 0.1) is 16.7 Å². The van der Waals surface area contributed by atoms with Crippen LogP contribution in [0.5, 0.6) is 0 Å². The molecule has 4 nitrogen and oxygen atoms in total. The van der Waals surface area contributed by atoms with Gasteiger partial charge in [0.2, 0.25) is 0 Å². The van der Waals surface area contributed by atoms with Crippen LogP contribution in [0.25, 0.3) is 0 Å². The van der Waals surface area contributed by atoms with Crippen molar-refractivity contribution in [1.29, 1.82) is 0 Å². The van der Waals surface area contributed by atoms with Crippen LogP contribution in [0.1, 0.15) is 25.3 Å². The highest BCUT2D eigenvalue weighted by Crippen LogP contribution is 2.25. The van der Waals surface area contributed by atoms with E-state index < -0.39 is 0 Å². The van der Waals surface area contributed by atoms with Gasteiger partial charge in [0, 0.05) is 32.1 Å². The second-order valence-corrected chi connectivity index (χ2v) is 6.63. The molecule has 1 aliphatic heterocycles. The van der Waals surface area contributed by atoms with Gasteiger partial charge in [-0.05, 0) is 37.0 Å². The first-order chi connectivity index (χ1) is 10.5. The lowest BCUT2D eigenvalue weighted by molar-refractivity contribution is -0.144. The molecule has 0 saturated carbocycles. The number of likely N-dealkylation sites (tertiary alicyclic amines) is 1. The summed E-state index contributed by atoms with van der Waals surface area (Å²) < 4.78 is 5.03. The van der Waals surface area contributed by atoms with E-state index in [-0.39, 0.29) is 17.9 Å². The van der Waals surface area contributed by atoms with Crippen LogP contribution >= 0.6 is 23.2 Å². The van der Waals surface area contributed by atoms with Crippen LogP contribution in [0.4, 0.5) is 0 Å². The Kier molecular flexibility index (Phi) is 6.50. The first-order valence-electron chi connectivity index (χ1n) is 7.55. The Balaban J connectivity index is 1.95. The number of esters is 1. The minimum absolute atomic E-state index is 0.0796. The maximum absolute atomic E-state index is 11.7. The standard InChI is InChI=1S/C16H22Cl2N2O2/c1-2-22-16(21)7-12-5-13(19)10-20(9-12)8-11-3-4-14(17)15(18)6-11/h3-4,6,12-13H,2,5,7-10,19H2,1H3. The fraction of sp³-hybridized carbons (Fsp3) is 0.562. The fourth-order valence-electron chi connectivity index (χ4n) is 2.98. The van der Waals surface area contributed by atoms with Gasteiger partial charge >= 0.3 is 5.97 Å². The van der Waals surface area contributed by atoms with Crippen molar-refractivity contribution in [3.05, 3.63) is 33.8 Å². The lowest BCUT2D eigenvalue weighted by Crippen LogP contribution is -2.47. The first kappa shape index (κ1) is 17.5. The first-order valence-corrected chi connectivity index (χ1v) is 8.31. The van der Waals surface area contributed by atoms with Crippen LogP contribution in [-0.2, 0) is 16.1 Å². The number of hydrogen-bond acceptors (Lipinski definition) is 4. The summed E-state index contributed by atoms with van der Waals surface area (Å²) in [7, 11) is 0. The second kappa shape index (κ2) is 8.16. The molecule has 2 atom stereocenters. The van der Waals surface area contributed by atoms with Crippen LogP contribution in [-0.4, -0.2) is 36.6 Å². The van der Waals surface area contributed by atoms with Crippen LogP contribution in [0.2, 0.25) is 10.0 Å². The van der Waals surface area contributed by atoms with Crippen LogP contribution in [0, 0.1) is 5.92 Å². The molecule has 1 fully saturated rings. The minimum atomic E-state index is -0.143. The predicted octanol–water partition coefficient (Wildman–Crippen LogP) is 3.10. The van der Waals surface area contributed by atoms with E-state index in [2.05, 4.69) is 4.90 Å². The van der Waals surface area contributed by atoms with E-state index in [0.717, 1.165) is 31.6 Å². The molecule has 1 aromatic rings. The number of hydrogen-bond donors (Lipinski definition) is 1. The highest BCUT2D eigenvalue weighted by Gasteiger charge is 2.27. The molecular formula is C16H22Cl2N2O2. The van der Waals surface area contributed by atoms with E-state index >= 15 is 0 Å². The summed E-state index contributed by atoms with van der Waals surface area (Å²) in [6.45, 7) is 4.65. The molecule has 0 aliphatic carbocycles. The van der Waals surface area contributed by atoms with Crippen molar-refractivity contribution in [2.24, 2.45) is 11.7 Å². The van der Waals surface area contributed by atoms with Crippen LogP contribution in [0.15, 0.2) is 18.2 Å². The Morgan fingerprint density at radius 2 is 2.14 bits per heavy atom. The largest absolute Gasteiger partial charge is 0.466 e. The van der Waals surface area contributed by atoms with Gasteiger partial charge in [-0.3, -0.25) is 9.69 Å². The maximum Gasteiger partial charge on any atom is 0.306 e. The van der Waals surface area contributed by atoms with Gasteiger partial charge in [-0.1, -0.05) is 29.3 Å². The van der Waals surface area contributed by atoms with E-state index in [4.69, 9.17) is 33.7 Å². The molecule has 0 amide bonds. The van der Waals surface area contributed by atoms with E-state index in [1.165, 1.54) is 0 Å². The summed E-state index contributed by atoms with van der Waals surface area (Å²) in [5.74, 6) is 0.0988. The average Bonchev–Trinajstić information content (AvgIpc) is 2.42.